The number of carbonyl (C=O) groups is 1. The molecule has 0 spiro atoms. The third-order valence-electron chi connectivity index (χ3n) is 2.33. The fourth-order valence-corrected chi connectivity index (χ4v) is 1.41. The lowest BCUT2D eigenvalue weighted by Crippen LogP contribution is -2.15. The predicted molar refractivity (Wildman–Crippen MR) is 60.9 cm³/mol. The summed E-state index contributed by atoms with van der Waals surface area (Å²) in [4.78, 5) is 15.2. The molecule has 0 aliphatic heterocycles. The molecular formula is C12H14F3NO3. The van der Waals surface area contributed by atoms with Crippen molar-refractivity contribution in [1.29, 1.82) is 0 Å². The Morgan fingerprint density at radius 2 is 2.05 bits per heavy atom. The summed E-state index contributed by atoms with van der Waals surface area (Å²) in [6.45, 7) is 0.715. The Kier molecular flexibility index (Phi) is 5.91. The molecule has 0 amide bonds. The number of carbonyl (C=O) groups excluding carboxylic acids is 1. The van der Waals surface area contributed by atoms with E-state index in [-0.39, 0.29) is 13.0 Å². The number of ketones is 1. The molecule has 106 valence electrons. The van der Waals surface area contributed by atoms with Crippen molar-refractivity contribution in [3.63, 3.8) is 0 Å². The fourth-order valence-electron chi connectivity index (χ4n) is 1.41. The summed E-state index contributed by atoms with van der Waals surface area (Å²) >= 11 is 0. The van der Waals surface area contributed by atoms with Gasteiger partial charge in [0.05, 0.1) is 25.4 Å². The van der Waals surface area contributed by atoms with Crippen molar-refractivity contribution in [2.75, 3.05) is 26.9 Å². The minimum atomic E-state index is -4.56. The molecule has 19 heavy (non-hydrogen) atoms. The average Bonchev–Trinajstić information content (AvgIpc) is 2.37. The smallest absolute Gasteiger partial charge is 0.382 e. The predicted octanol–water partition coefficient (Wildman–Crippen LogP) is 2.34. The highest BCUT2D eigenvalue weighted by Gasteiger charge is 2.34. The van der Waals surface area contributed by atoms with Crippen LogP contribution in [-0.4, -0.2) is 37.7 Å². The van der Waals surface area contributed by atoms with E-state index < -0.39 is 23.1 Å². The molecule has 0 radical (unpaired) electrons. The van der Waals surface area contributed by atoms with Gasteiger partial charge in [-0.05, 0) is 6.07 Å². The Morgan fingerprint density at radius 3 is 2.68 bits per heavy atom. The average molecular weight is 277 g/mol. The van der Waals surface area contributed by atoms with Crippen LogP contribution in [0.2, 0.25) is 0 Å². The largest absolute Gasteiger partial charge is 0.417 e. The standard InChI is InChI=1S/C12H14F3NO3/c1-18-6-7-19-5-3-11(17)9-8-16-4-2-10(9)12(13,14)15/h2,4,8H,3,5-7H2,1H3. The number of alkyl halides is 3. The lowest BCUT2D eigenvalue weighted by Gasteiger charge is -2.11. The number of nitrogens with zero attached hydrogens (tertiary/aromatic N) is 1. The first-order chi connectivity index (χ1) is 8.96. The lowest BCUT2D eigenvalue weighted by atomic mass is 10.0. The topological polar surface area (TPSA) is 48.4 Å². The molecule has 0 bridgehead atoms. The molecule has 4 nitrogen and oxygen atoms in total. The quantitative estimate of drug-likeness (QED) is 0.567. The second kappa shape index (κ2) is 7.20. The second-order valence-corrected chi connectivity index (χ2v) is 3.70. The van der Waals surface area contributed by atoms with Gasteiger partial charge in [0.1, 0.15) is 0 Å². The first-order valence-electron chi connectivity index (χ1n) is 5.58. The molecule has 0 saturated heterocycles. The summed E-state index contributed by atoms with van der Waals surface area (Å²) in [5.74, 6) is -0.641. The number of hydrogen-bond donors (Lipinski definition) is 0. The number of hydrogen-bond acceptors (Lipinski definition) is 4. The van der Waals surface area contributed by atoms with Gasteiger partial charge in [0.2, 0.25) is 0 Å². The summed E-state index contributed by atoms with van der Waals surface area (Å²) in [5.41, 5.74) is -1.39. The maximum absolute atomic E-state index is 12.7. The van der Waals surface area contributed by atoms with E-state index in [0.29, 0.717) is 13.2 Å². The molecule has 0 fully saturated rings. The highest BCUT2D eigenvalue weighted by Crippen LogP contribution is 2.31. The number of methoxy groups -OCH3 is 1. The number of aromatic nitrogens is 1. The van der Waals surface area contributed by atoms with Gasteiger partial charge in [0.15, 0.2) is 5.78 Å². The number of Topliss-reactive ketones (excluding diaryl/α,β-unsaturated/α-hetero) is 1. The van der Waals surface area contributed by atoms with Crippen LogP contribution in [0.5, 0.6) is 0 Å². The van der Waals surface area contributed by atoms with Crippen LogP contribution in [0.4, 0.5) is 13.2 Å². The van der Waals surface area contributed by atoms with Crippen molar-refractivity contribution in [1.82, 2.24) is 4.98 Å². The van der Waals surface area contributed by atoms with Crippen LogP contribution in [0, 0.1) is 0 Å². The Balaban J connectivity index is 2.62. The van der Waals surface area contributed by atoms with Gasteiger partial charge in [-0.1, -0.05) is 0 Å². The van der Waals surface area contributed by atoms with Gasteiger partial charge in [0, 0.05) is 31.5 Å². The molecule has 0 N–H and O–H groups in total. The van der Waals surface area contributed by atoms with E-state index in [9.17, 15) is 18.0 Å². The minimum absolute atomic E-state index is 0.0500. The zero-order valence-electron chi connectivity index (χ0n) is 10.4. The highest BCUT2D eigenvalue weighted by molar-refractivity contribution is 5.97. The van der Waals surface area contributed by atoms with E-state index in [4.69, 9.17) is 9.47 Å². The summed E-state index contributed by atoms with van der Waals surface area (Å²) in [6, 6.07) is 0.791. The van der Waals surface area contributed by atoms with Crippen molar-refractivity contribution < 1.29 is 27.4 Å². The van der Waals surface area contributed by atoms with Crippen molar-refractivity contribution in [3.05, 3.63) is 29.6 Å². The van der Waals surface area contributed by atoms with E-state index in [2.05, 4.69) is 4.98 Å². The number of halogens is 3. The molecule has 1 rings (SSSR count). The Hall–Kier alpha value is -1.47. The van der Waals surface area contributed by atoms with Crippen LogP contribution < -0.4 is 0 Å². The SMILES string of the molecule is COCCOCCC(=O)c1cnccc1C(F)(F)F. The summed E-state index contributed by atoms with van der Waals surface area (Å²) in [5, 5.41) is 0. The van der Waals surface area contributed by atoms with E-state index in [1.165, 1.54) is 7.11 Å². The van der Waals surface area contributed by atoms with Gasteiger partial charge in [0.25, 0.3) is 0 Å². The molecule has 0 atom stereocenters. The van der Waals surface area contributed by atoms with E-state index in [1.54, 1.807) is 0 Å². The molecule has 0 aliphatic carbocycles. The van der Waals surface area contributed by atoms with E-state index in [0.717, 1.165) is 18.5 Å². The van der Waals surface area contributed by atoms with Crippen LogP contribution >= 0.6 is 0 Å². The zero-order chi connectivity index (χ0) is 14.3. The summed E-state index contributed by atoms with van der Waals surface area (Å²) in [6.07, 6.45) is -2.75. The number of ether oxygens (including phenoxy) is 2. The van der Waals surface area contributed by atoms with Gasteiger partial charge in [-0.15, -0.1) is 0 Å². The fraction of sp³-hybridized carbons (Fsp3) is 0.500. The second-order valence-electron chi connectivity index (χ2n) is 3.70. The summed E-state index contributed by atoms with van der Waals surface area (Å²) in [7, 11) is 1.50. The first kappa shape index (κ1) is 15.6. The van der Waals surface area contributed by atoms with Crippen LogP contribution in [-0.2, 0) is 15.7 Å². The van der Waals surface area contributed by atoms with Gasteiger partial charge in [-0.25, -0.2) is 0 Å². The van der Waals surface area contributed by atoms with Gasteiger partial charge in [-0.3, -0.25) is 9.78 Å². The lowest BCUT2D eigenvalue weighted by molar-refractivity contribution is -0.138. The van der Waals surface area contributed by atoms with Crippen LogP contribution in [0.15, 0.2) is 18.5 Å². The normalized spacial score (nSPS) is 11.6. The molecule has 1 aromatic heterocycles. The molecule has 1 heterocycles. The molecule has 7 heteroatoms. The van der Waals surface area contributed by atoms with Crippen molar-refractivity contribution in [2.24, 2.45) is 0 Å². The molecule has 0 aromatic carbocycles. The number of rotatable bonds is 7. The minimum Gasteiger partial charge on any atom is -0.382 e. The molecule has 0 aliphatic rings. The zero-order valence-corrected chi connectivity index (χ0v) is 10.4. The molecule has 1 aromatic rings. The van der Waals surface area contributed by atoms with Crippen LogP contribution in [0.1, 0.15) is 22.3 Å². The molecule has 0 saturated carbocycles. The van der Waals surface area contributed by atoms with Crippen LogP contribution in [0.3, 0.4) is 0 Å². The third kappa shape index (κ3) is 4.96. The monoisotopic (exact) mass is 277 g/mol. The van der Waals surface area contributed by atoms with Gasteiger partial charge < -0.3 is 9.47 Å². The molecular weight excluding hydrogens is 263 g/mol. The Bertz CT molecular complexity index is 421. The van der Waals surface area contributed by atoms with Crippen molar-refractivity contribution in [3.8, 4) is 0 Å². The van der Waals surface area contributed by atoms with E-state index >= 15 is 0 Å². The third-order valence-corrected chi connectivity index (χ3v) is 2.33. The first-order valence-corrected chi connectivity index (χ1v) is 5.58. The Labute approximate surface area is 108 Å². The van der Waals surface area contributed by atoms with Crippen molar-refractivity contribution >= 4 is 5.78 Å². The maximum atomic E-state index is 12.7. The molecule has 0 unspecified atom stereocenters. The summed E-state index contributed by atoms with van der Waals surface area (Å²) < 4.78 is 47.8. The van der Waals surface area contributed by atoms with Gasteiger partial charge >= 0.3 is 6.18 Å². The van der Waals surface area contributed by atoms with Crippen LogP contribution in [0.25, 0.3) is 0 Å². The van der Waals surface area contributed by atoms with Gasteiger partial charge in [-0.2, -0.15) is 13.2 Å². The highest BCUT2D eigenvalue weighted by atomic mass is 19.4. The Morgan fingerprint density at radius 1 is 1.32 bits per heavy atom. The maximum Gasteiger partial charge on any atom is 0.417 e. The van der Waals surface area contributed by atoms with Crippen molar-refractivity contribution in [2.45, 2.75) is 12.6 Å². The number of pyridine rings is 1. The van der Waals surface area contributed by atoms with E-state index in [1.807, 2.05) is 0 Å².